The summed E-state index contributed by atoms with van der Waals surface area (Å²) >= 11 is 0. The molecule has 0 fully saturated rings. The summed E-state index contributed by atoms with van der Waals surface area (Å²) < 4.78 is 32.8. The molecule has 0 aliphatic carbocycles. The SMILES string of the molecule is Cc1cc(C)c(Nc2nc(C)ccc2S(=O)(=O)c2ccc(OCc3ccccn3)cc2)c(C)c1. The number of hydrogen-bond acceptors (Lipinski definition) is 6. The van der Waals surface area contributed by atoms with Crippen LogP contribution in [0.3, 0.4) is 0 Å². The lowest BCUT2D eigenvalue weighted by atomic mass is 10.1. The third-order valence-electron chi connectivity index (χ3n) is 5.45. The number of rotatable bonds is 7. The Balaban J connectivity index is 1.62. The molecule has 0 aliphatic rings. The maximum Gasteiger partial charge on any atom is 0.210 e. The van der Waals surface area contributed by atoms with Crippen molar-refractivity contribution in [2.45, 2.75) is 44.1 Å². The van der Waals surface area contributed by atoms with Gasteiger partial charge in [0.15, 0.2) is 0 Å². The van der Waals surface area contributed by atoms with Crippen LogP contribution >= 0.6 is 0 Å². The van der Waals surface area contributed by atoms with E-state index in [4.69, 9.17) is 4.74 Å². The largest absolute Gasteiger partial charge is 0.487 e. The molecule has 0 atom stereocenters. The number of nitrogens with one attached hydrogen (secondary N) is 1. The molecule has 0 radical (unpaired) electrons. The first-order valence-electron chi connectivity index (χ1n) is 10.9. The van der Waals surface area contributed by atoms with Gasteiger partial charge in [-0.05, 0) is 87.4 Å². The zero-order chi connectivity index (χ0) is 24.3. The molecule has 0 bridgehead atoms. The first kappa shape index (κ1) is 23.4. The predicted octanol–water partition coefficient (Wildman–Crippen LogP) is 5.87. The molecule has 6 nitrogen and oxygen atoms in total. The first-order chi connectivity index (χ1) is 16.2. The van der Waals surface area contributed by atoms with Crippen LogP contribution in [0.2, 0.25) is 0 Å². The van der Waals surface area contributed by atoms with Gasteiger partial charge in [-0.3, -0.25) is 4.98 Å². The zero-order valence-corrected chi connectivity index (χ0v) is 20.5. The Hall–Kier alpha value is -3.71. The molecule has 7 heteroatoms. The summed E-state index contributed by atoms with van der Waals surface area (Å²) in [5, 5.41) is 3.28. The molecule has 1 N–H and O–H groups in total. The minimum atomic E-state index is -3.82. The molecule has 0 spiro atoms. The second-order valence-electron chi connectivity index (χ2n) is 8.28. The van der Waals surface area contributed by atoms with Crippen LogP contribution in [0.4, 0.5) is 11.5 Å². The minimum Gasteiger partial charge on any atom is -0.487 e. The van der Waals surface area contributed by atoms with Gasteiger partial charge >= 0.3 is 0 Å². The number of benzene rings is 2. The monoisotopic (exact) mass is 473 g/mol. The van der Waals surface area contributed by atoms with Gasteiger partial charge in [0.25, 0.3) is 0 Å². The van der Waals surface area contributed by atoms with Crippen LogP contribution in [-0.2, 0) is 16.4 Å². The summed E-state index contributed by atoms with van der Waals surface area (Å²) in [6, 6.07) is 19.4. The highest BCUT2D eigenvalue weighted by molar-refractivity contribution is 7.91. The number of ether oxygens (including phenoxy) is 1. The molecule has 4 rings (SSSR count). The Morgan fingerprint density at radius 3 is 2.24 bits per heavy atom. The van der Waals surface area contributed by atoms with E-state index in [0.29, 0.717) is 18.2 Å². The second kappa shape index (κ2) is 9.65. The van der Waals surface area contributed by atoms with E-state index in [2.05, 4.69) is 27.4 Å². The maximum atomic E-state index is 13.5. The van der Waals surface area contributed by atoms with Crippen LogP contribution in [-0.4, -0.2) is 18.4 Å². The predicted molar refractivity (Wildman–Crippen MR) is 133 cm³/mol. The number of aromatic nitrogens is 2. The van der Waals surface area contributed by atoms with Crippen LogP contribution in [0.15, 0.2) is 82.7 Å². The van der Waals surface area contributed by atoms with Gasteiger partial charge in [0.2, 0.25) is 9.84 Å². The van der Waals surface area contributed by atoms with Gasteiger partial charge in [-0.2, -0.15) is 0 Å². The number of hydrogen-bond donors (Lipinski definition) is 1. The van der Waals surface area contributed by atoms with Gasteiger partial charge < -0.3 is 10.1 Å². The van der Waals surface area contributed by atoms with E-state index < -0.39 is 9.84 Å². The summed E-state index contributed by atoms with van der Waals surface area (Å²) in [7, 11) is -3.82. The molecule has 0 saturated heterocycles. The van der Waals surface area contributed by atoms with Crippen molar-refractivity contribution in [3.8, 4) is 5.75 Å². The Morgan fingerprint density at radius 1 is 0.882 bits per heavy atom. The number of pyridine rings is 2. The van der Waals surface area contributed by atoms with E-state index in [1.54, 1.807) is 42.6 Å². The summed E-state index contributed by atoms with van der Waals surface area (Å²) in [5.41, 5.74) is 5.58. The van der Waals surface area contributed by atoms with E-state index in [1.165, 1.54) is 0 Å². The highest BCUT2D eigenvalue weighted by Crippen LogP contribution is 2.32. The smallest absolute Gasteiger partial charge is 0.210 e. The average Bonchev–Trinajstić information content (AvgIpc) is 2.81. The van der Waals surface area contributed by atoms with E-state index in [1.807, 2.05) is 45.9 Å². The van der Waals surface area contributed by atoms with Crippen molar-refractivity contribution in [3.05, 3.63) is 101 Å². The van der Waals surface area contributed by atoms with Gasteiger partial charge in [-0.1, -0.05) is 23.8 Å². The van der Waals surface area contributed by atoms with Gasteiger partial charge in [-0.15, -0.1) is 0 Å². The molecule has 0 aliphatic heterocycles. The number of aryl methyl sites for hydroxylation is 4. The lowest BCUT2D eigenvalue weighted by Gasteiger charge is -2.17. The van der Waals surface area contributed by atoms with Crippen LogP contribution in [0.5, 0.6) is 5.75 Å². The number of anilines is 2. The minimum absolute atomic E-state index is 0.125. The highest BCUT2D eigenvalue weighted by Gasteiger charge is 2.23. The molecule has 4 aromatic rings. The van der Waals surface area contributed by atoms with Crippen molar-refractivity contribution in [3.63, 3.8) is 0 Å². The maximum absolute atomic E-state index is 13.5. The molecule has 0 saturated carbocycles. The fraction of sp³-hybridized carbons (Fsp3) is 0.185. The van der Waals surface area contributed by atoms with Crippen molar-refractivity contribution < 1.29 is 13.2 Å². The lowest BCUT2D eigenvalue weighted by Crippen LogP contribution is -2.09. The van der Waals surface area contributed by atoms with Crippen molar-refractivity contribution in [2.75, 3.05) is 5.32 Å². The average molecular weight is 474 g/mol. The van der Waals surface area contributed by atoms with Crippen molar-refractivity contribution >= 4 is 21.3 Å². The van der Waals surface area contributed by atoms with Crippen LogP contribution < -0.4 is 10.1 Å². The number of sulfone groups is 1. The van der Waals surface area contributed by atoms with Gasteiger partial charge in [-0.25, -0.2) is 13.4 Å². The Labute approximate surface area is 200 Å². The summed E-state index contributed by atoms with van der Waals surface area (Å²) in [5.74, 6) is 0.876. The molecule has 34 heavy (non-hydrogen) atoms. The standard InChI is InChI=1S/C27H27N3O3S/c1-18-15-19(2)26(20(3)16-18)30-27-25(13-8-21(4)29-27)34(31,32)24-11-9-23(10-12-24)33-17-22-7-5-6-14-28-22/h5-16H,17H2,1-4H3,(H,29,30). The van der Waals surface area contributed by atoms with Crippen molar-refractivity contribution in [2.24, 2.45) is 0 Å². The summed E-state index contributed by atoms with van der Waals surface area (Å²) in [6.07, 6.45) is 1.70. The molecule has 2 heterocycles. The fourth-order valence-corrected chi connectivity index (χ4v) is 5.18. The van der Waals surface area contributed by atoms with E-state index in [9.17, 15) is 8.42 Å². The Kier molecular flexibility index (Phi) is 6.65. The van der Waals surface area contributed by atoms with E-state index in [0.717, 1.165) is 33.8 Å². The summed E-state index contributed by atoms with van der Waals surface area (Å²) in [6.45, 7) is 8.17. The van der Waals surface area contributed by atoms with Crippen molar-refractivity contribution in [1.82, 2.24) is 9.97 Å². The second-order valence-corrected chi connectivity index (χ2v) is 10.2. The zero-order valence-electron chi connectivity index (χ0n) is 19.7. The molecule has 174 valence electrons. The molecular weight excluding hydrogens is 446 g/mol. The van der Waals surface area contributed by atoms with Crippen LogP contribution in [0, 0.1) is 27.7 Å². The third-order valence-corrected chi connectivity index (χ3v) is 7.26. The quantitative estimate of drug-likeness (QED) is 0.362. The number of nitrogens with zero attached hydrogens (tertiary/aromatic N) is 2. The van der Waals surface area contributed by atoms with Crippen molar-refractivity contribution in [1.29, 1.82) is 0 Å². The molecular formula is C27H27N3O3S. The Bertz CT molecular complexity index is 1390. The highest BCUT2D eigenvalue weighted by atomic mass is 32.2. The van der Waals surface area contributed by atoms with Gasteiger partial charge in [0, 0.05) is 17.6 Å². The molecule has 0 unspecified atom stereocenters. The topological polar surface area (TPSA) is 81.2 Å². The lowest BCUT2D eigenvalue weighted by molar-refractivity contribution is 0.301. The van der Waals surface area contributed by atoms with E-state index in [-0.39, 0.29) is 9.79 Å². The molecule has 0 amide bonds. The van der Waals surface area contributed by atoms with Crippen LogP contribution in [0.25, 0.3) is 0 Å². The first-order valence-corrected chi connectivity index (χ1v) is 12.4. The fourth-order valence-electron chi connectivity index (χ4n) is 3.83. The van der Waals surface area contributed by atoms with E-state index >= 15 is 0 Å². The van der Waals surface area contributed by atoms with Gasteiger partial charge in [0.1, 0.15) is 23.1 Å². The normalized spacial score (nSPS) is 11.3. The molecule has 2 aromatic heterocycles. The van der Waals surface area contributed by atoms with Gasteiger partial charge in [0.05, 0.1) is 10.6 Å². The van der Waals surface area contributed by atoms with Crippen LogP contribution in [0.1, 0.15) is 28.1 Å². The Morgan fingerprint density at radius 2 is 1.59 bits per heavy atom. The third kappa shape index (κ3) is 5.10. The summed E-state index contributed by atoms with van der Waals surface area (Å²) in [4.78, 5) is 9.04. The molecule has 2 aromatic carbocycles.